The van der Waals surface area contributed by atoms with Crippen molar-refractivity contribution in [2.45, 2.75) is 76.4 Å². The van der Waals surface area contributed by atoms with Crippen LogP contribution in [0.1, 0.15) is 57.6 Å². The molecule has 0 bridgehead atoms. The van der Waals surface area contributed by atoms with Gasteiger partial charge >= 0.3 is 0 Å². The van der Waals surface area contributed by atoms with Crippen LogP contribution in [0.25, 0.3) is 0 Å². The summed E-state index contributed by atoms with van der Waals surface area (Å²) in [5, 5.41) is 2.90. The van der Waals surface area contributed by atoms with E-state index in [9.17, 15) is 22.4 Å². The molecule has 2 aromatic rings. The Kier molecular flexibility index (Phi) is 9.62. The number of carbonyl (C=O) groups excluding carboxylic acids is 2. The minimum absolute atomic E-state index is 0.0314. The third kappa shape index (κ3) is 8.41. The summed E-state index contributed by atoms with van der Waals surface area (Å²) in [7, 11) is -3.53. The normalized spacial score (nSPS) is 14.5. The molecule has 2 N–H and O–H groups in total. The Morgan fingerprint density at radius 1 is 1.00 bits per heavy atom. The average Bonchev–Trinajstić information content (AvgIpc) is 3.65. The van der Waals surface area contributed by atoms with Crippen LogP contribution in [0.3, 0.4) is 0 Å². The highest BCUT2D eigenvalue weighted by atomic mass is 32.2. The maximum absolute atomic E-state index is 13.4. The van der Waals surface area contributed by atoms with E-state index >= 15 is 0 Å². The van der Waals surface area contributed by atoms with E-state index in [1.807, 2.05) is 0 Å². The molecule has 0 aliphatic heterocycles. The van der Waals surface area contributed by atoms with Crippen molar-refractivity contribution in [3.8, 4) is 0 Å². The highest BCUT2D eigenvalue weighted by molar-refractivity contribution is 7.89. The van der Waals surface area contributed by atoms with Gasteiger partial charge in [-0.25, -0.2) is 17.5 Å². The van der Waals surface area contributed by atoms with E-state index in [4.69, 9.17) is 0 Å². The molecule has 1 fully saturated rings. The Morgan fingerprint density at radius 2 is 1.61 bits per heavy atom. The lowest BCUT2D eigenvalue weighted by Gasteiger charge is -2.29. The van der Waals surface area contributed by atoms with Crippen molar-refractivity contribution >= 4 is 21.8 Å². The van der Waals surface area contributed by atoms with E-state index in [2.05, 4.69) is 23.9 Å². The van der Waals surface area contributed by atoms with Gasteiger partial charge in [-0.2, -0.15) is 0 Å². The molecule has 0 unspecified atom stereocenters. The van der Waals surface area contributed by atoms with Crippen LogP contribution in [0, 0.1) is 11.7 Å². The van der Waals surface area contributed by atoms with E-state index in [0.29, 0.717) is 18.9 Å². The van der Waals surface area contributed by atoms with Gasteiger partial charge in [0.2, 0.25) is 21.8 Å². The van der Waals surface area contributed by atoms with Crippen LogP contribution >= 0.6 is 0 Å². The number of benzene rings is 2. The second kappa shape index (κ2) is 12.5. The number of amides is 2. The lowest BCUT2D eigenvalue weighted by atomic mass is 10.1. The summed E-state index contributed by atoms with van der Waals surface area (Å²) < 4.78 is 40.7. The number of rotatable bonds is 13. The molecule has 0 spiro atoms. The topological polar surface area (TPSA) is 95.6 Å². The Morgan fingerprint density at radius 3 is 2.19 bits per heavy atom. The summed E-state index contributed by atoms with van der Waals surface area (Å²) in [6.07, 6.45) is 3.12. The van der Waals surface area contributed by atoms with Crippen LogP contribution in [-0.4, -0.2) is 43.8 Å². The number of hydrogen-bond donors (Lipinski definition) is 2. The highest BCUT2D eigenvalue weighted by Crippen LogP contribution is 2.22. The van der Waals surface area contributed by atoms with Gasteiger partial charge < -0.3 is 10.2 Å². The largest absolute Gasteiger partial charge is 0.354 e. The molecule has 2 aromatic carbocycles. The first-order chi connectivity index (χ1) is 17.0. The van der Waals surface area contributed by atoms with Crippen molar-refractivity contribution in [3.63, 3.8) is 0 Å². The number of carbonyl (C=O) groups is 2. The summed E-state index contributed by atoms with van der Waals surface area (Å²) in [4.78, 5) is 27.7. The van der Waals surface area contributed by atoms with Gasteiger partial charge in [-0.05, 0) is 73.9 Å². The third-order valence-corrected chi connectivity index (χ3v) is 7.75. The molecule has 1 atom stereocenters. The van der Waals surface area contributed by atoms with Crippen molar-refractivity contribution < 1.29 is 22.4 Å². The third-order valence-electron chi connectivity index (χ3n) is 6.21. The average molecular weight is 518 g/mol. The van der Waals surface area contributed by atoms with Crippen molar-refractivity contribution in [1.29, 1.82) is 0 Å². The predicted molar refractivity (Wildman–Crippen MR) is 137 cm³/mol. The van der Waals surface area contributed by atoms with Gasteiger partial charge in [0.15, 0.2) is 0 Å². The monoisotopic (exact) mass is 517 g/mol. The Labute approximate surface area is 213 Å². The van der Waals surface area contributed by atoms with Crippen LogP contribution in [0.15, 0.2) is 53.4 Å². The Bertz CT molecular complexity index is 1130. The fraction of sp³-hybridized carbons (Fsp3) is 0.481. The number of nitrogens with one attached hydrogen (secondary N) is 2. The summed E-state index contributed by atoms with van der Waals surface area (Å²) >= 11 is 0. The van der Waals surface area contributed by atoms with Crippen molar-refractivity contribution in [2.75, 3.05) is 6.54 Å². The van der Waals surface area contributed by atoms with Crippen molar-refractivity contribution in [3.05, 3.63) is 65.5 Å². The van der Waals surface area contributed by atoms with E-state index in [-0.39, 0.29) is 41.5 Å². The number of hydrogen-bond acceptors (Lipinski definition) is 4. The van der Waals surface area contributed by atoms with Crippen molar-refractivity contribution in [1.82, 2.24) is 14.9 Å². The maximum Gasteiger partial charge on any atom is 0.242 e. The minimum atomic E-state index is -3.53. The zero-order chi connectivity index (χ0) is 26.3. The first-order valence-corrected chi connectivity index (χ1v) is 14.0. The zero-order valence-electron chi connectivity index (χ0n) is 21.2. The Hall–Kier alpha value is -2.78. The minimum Gasteiger partial charge on any atom is -0.354 e. The lowest BCUT2D eigenvalue weighted by molar-refractivity contribution is -0.140. The molecule has 7 nitrogen and oxygen atoms in total. The summed E-state index contributed by atoms with van der Waals surface area (Å²) in [6.45, 7) is 6.56. The fourth-order valence-electron chi connectivity index (χ4n) is 3.72. The fourth-order valence-corrected chi connectivity index (χ4v) is 5.02. The van der Waals surface area contributed by atoms with Gasteiger partial charge in [-0.3, -0.25) is 9.59 Å². The molecule has 1 aliphatic rings. The highest BCUT2D eigenvalue weighted by Gasteiger charge is 2.28. The van der Waals surface area contributed by atoms with Gasteiger partial charge in [-0.15, -0.1) is 0 Å². The summed E-state index contributed by atoms with van der Waals surface area (Å²) in [6, 6.07) is 11.7. The molecule has 0 aromatic heterocycles. The van der Waals surface area contributed by atoms with E-state index in [1.54, 1.807) is 43.3 Å². The lowest BCUT2D eigenvalue weighted by Crippen LogP contribution is -2.48. The second-order valence-electron chi connectivity index (χ2n) is 9.84. The predicted octanol–water partition coefficient (Wildman–Crippen LogP) is 3.78. The van der Waals surface area contributed by atoms with Gasteiger partial charge in [0, 0.05) is 25.6 Å². The molecular formula is C27H36FN3O4S. The van der Waals surface area contributed by atoms with Gasteiger partial charge in [0.05, 0.1) is 4.90 Å². The molecule has 196 valence electrons. The standard InChI is InChI=1S/C27H36FN3O4S/c1-19(2)16-17-29-27(33)20(3)31(18-22-4-9-23(28)10-5-22)26(32)15-8-21-6-13-25(14-7-21)36(34,35)30-24-11-12-24/h4-7,9-10,13-14,19-20,24,30H,8,11-12,15-18H2,1-3H3,(H,29,33)/t20-/m1/s1. The van der Waals surface area contributed by atoms with Gasteiger partial charge in [0.25, 0.3) is 0 Å². The summed E-state index contributed by atoms with van der Waals surface area (Å²) in [5.74, 6) is -0.362. The van der Waals surface area contributed by atoms with Gasteiger partial charge in [0.1, 0.15) is 11.9 Å². The molecule has 1 saturated carbocycles. The number of nitrogens with zero attached hydrogens (tertiary/aromatic N) is 1. The molecular weight excluding hydrogens is 481 g/mol. The quantitative estimate of drug-likeness (QED) is 0.423. The zero-order valence-corrected chi connectivity index (χ0v) is 22.0. The molecule has 3 rings (SSSR count). The molecule has 0 heterocycles. The van der Waals surface area contributed by atoms with Crippen LogP contribution in [0.5, 0.6) is 0 Å². The van der Waals surface area contributed by atoms with Gasteiger partial charge in [-0.1, -0.05) is 38.1 Å². The molecule has 0 radical (unpaired) electrons. The number of aryl methyl sites for hydroxylation is 1. The Balaban J connectivity index is 1.65. The molecule has 2 amide bonds. The molecule has 36 heavy (non-hydrogen) atoms. The van der Waals surface area contributed by atoms with Crippen molar-refractivity contribution in [2.24, 2.45) is 5.92 Å². The number of halogens is 1. The summed E-state index contributed by atoms with van der Waals surface area (Å²) in [5.41, 5.74) is 1.55. The van der Waals surface area contributed by atoms with Crippen LogP contribution in [-0.2, 0) is 32.6 Å². The number of sulfonamides is 1. The van der Waals surface area contributed by atoms with Crippen LogP contribution < -0.4 is 10.0 Å². The van der Waals surface area contributed by atoms with Crippen LogP contribution in [0.4, 0.5) is 4.39 Å². The second-order valence-corrected chi connectivity index (χ2v) is 11.6. The molecule has 9 heteroatoms. The first kappa shape index (κ1) is 27.8. The van der Waals surface area contributed by atoms with E-state index < -0.39 is 16.1 Å². The first-order valence-electron chi connectivity index (χ1n) is 12.5. The SMILES string of the molecule is CC(C)CCNC(=O)[C@@H](C)N(Cc1ccc(F)cc1)C(=O)CCc1ccc(S(=O)(=O)NC2CC2)cc1. The molecule has 0 saturated heterocycles. The molecule has 1 aliphatic carbocycles. The van der Waals surface area contributed by atoms with E-state index in [0.717, 1.165) is 30.4 Å². The van der Waals surface area contributed by atoms with Crippen LogP contribution in [0.2, 0.25) is 0 Å². The van der Waals surface area contributed by atoms with E-state index in [1.165, 1.54) is 17.0 Å². The maximum atomic E-state index is 13.4. The smallest absolute Gasteiger partial charge is 0.242 e.